The predicted molar refractivity (Wildman–Crippen MR) is 60.0 cm³/mol. The third-order valence-corrected chi connectivity index (χ3v) is 4.24. The molecule has 2 fully saturated rings. The molecular weight excluding hydrogens is 184 g/mol. The average Bonchev–Trinajstić information content (AvgIpc) is 2.91. The van der Waals surface area contributed by atoms with E-state index in [1.807, 2.05) is 12.1 Å². The number of carbonyl (C=O) groups is 1. The maximum Gasteiger partial charge on any atom is 0.150 e. The van der Waals surface area contributed by atoms with Gasteiger partial charge in [0.2, 0.25) is 0 Å². The Hall–Kier alpha value is -1.11. The van der Waals surface area contributed by atoms with Gasteiger partial charge in [0, 0.05) is 5.56 Å². The van der Waals surface area contributed by atoms with E-state index in [4.69, 9.17) is 0 Å². The third kappa shape index (κ3) is 1.50. The Morgan fingerprint density at radius 3 is 2.40 bits per heavy atom. The van der Waals surface area contributed by atoms with Crippen molar-refractivity contribution < 1.29 is 4.79 Å². The highest BCUT2D eigenvalue weighted by Gasteiger charge is 2.39. The molecule has 0 radical (unpaired) electrons. The molecule has 0 saturated heterocycles. The van der Waals surface area contributed by atoms with Gasteiger partial charge in [-0.2, -0.15) is 0 Å². The maximum absolute atomic E-state index is 10.6. The van der Waals surface area contributed by atoms with Crippen molar-refractivity contribution in [1.82, 2.24) is 0 Å². The summed E-state index contributed by atoms with van der Waals surface area (Å²) >= 11 is 0. The van der Waals surface area contributed by atoms with Gasteiger partial charge in [0.25, 0.3) is 0 Å². The summed E-state index contributed by atoms with van der Waals surface area (Å²) in [5, 5.41) is 0. The zero-order chi connectivity index (χ0) is 10.3. The van der Waals surface area contributed by atoms with Gasteiger partial charge in [0.1, 0.15) is 6.29 Å². The molecule has 0 amide bonds. The van der Waals surface area contributed by atoms with Crippen molar-refractivity contribution in [3.05, 3.63) is 35.4 Å². The number of carbonyl (C=O) groups excluding carboxylic acids is 1. The van der Waals surface area contributed by atoms with Crippen LogP contribution in [0.15, 0.2) is 24.3 Å². The Morgan fingerprint density at radius 2 is 1.87 bits per heavy atom. The lowest BCUT2D eigenvalue weighted by Crippen LogP contribution is -2.08. The quantitative estimate of drug-likeness (QED) is 0.669. The zero-order valence-corrected chi connectivity index (χ0v) is 8.86. The van der Waals surface area contributed by atoms with Gasteiger partial charge in [0.05, 0.1) is 0 Å². The highest BCUT2D eigenvalue weighted by molar-refractivity contribution is 5.74. The molecule has 0 aliphatic heterocycles. The largest absolute Gasteiger partial charge is 0.298 e. The molecule has 78 valence electrons. The molecule has 2 bridgehead atoms. The van der Waals surface area contributed by atoms with Crippen LogP contribution in [0.5, 0.6) is 0 Å². The Bertz CT molecular complexity index is 365. The molecule has 1 nitrogen and oxygen atoms in total. The van der Waals surface area contributed by atoms with Crippen molar-refractivity contribution in [1.29, 1.82) is 0 Å². The van der Waals surface area contributed by atoms with Crippen LogP contribution in [-0.4, -0.2) is 6.29 Å². The topological polar surface area (TPSA) is 17.1 Å². The van der Waals surface area contributed by atoms with E-state index in [2.05, 4.69) is 12.1 Å². The van der Waals surface area contributed by atoms with Crippen LogP contribution in [0.1, 0.15) is 47.5 Å². The normalized spacial score (nSPS) is 33.2. The first-order valence-corrected chi connectivity index (χ1v) is 5.92. The summed E-state index contributed by atoms with van der Waals surface area (Å²) in [7, 11) is 0. The SMILES string of the molecule is O=Cc1ccc(C2CC3CCC2C3)cc1. The fourth-order valence-corrected chi connectivity index (χ4v) is 3.47. The molecule has 2 saturated carbocycles. The molecule has 3 atom stereocenters. The molecule has 0 spiro atoms. The Morgan fingerprint density at radius 1 is 1.07 bits per heavy atom. The lowest BCUT2D eigenvalue weighted by atomic mass is 9.83. The van der Waals surface area contributed by atoms with E-state index in [0.29, 0.717) is 0 Å². The summed E-state index contributed by atoms with van der Waals surface area (Å²) < 4.78 is 0. The van der Waals surface area contributed by atoms with Gasteiger partial charge >= 0.3 is 0 Å². The van der Waals surface area contributed by atoms with Crippen LogP contribution >= 0.6 is 0 Å². The van der Waals surface area contributed by atoms with E-state index in [1.54, 1.807) is 0 Å². The summed E-state index contributed by atoms with van der Waals surface area (Å²) in [5.74, 6) is 2.70. The maximum atomic E-state index is 10.6. The minimum Gasteiger partial charge on any atom is -0.298 e. The Kier molecular flexibility index (Phi) is 2.12. The molecule has 3 unspecified atom stereocenters. The second-order valence-corrected chi connectivity index (χ2v) is 5.07. The first-order chi connectivity index (χ1) is 7.36. The Balaban J connectivity index is 1.84. The molecule has 0 aromatic heterocycles. The highest BCUT2D eigenvalue weighted by Crippen LogP contribution is 2.52. The molecule has 1 aromatic carbocycles. The number of rotatable bonds is 2. The molecule has 1 aromatic rings. The molecule has 1 heteroatoms. The number of aldehydes is 1. The second-order valence-electron chi connectivity index (χ2n) is 5.07. The smallest absolute Gasteiger partial charge is 0.150 e. The zero-order valence-electron chi connectivity index (χ0n) is 8.86. The van der Waals surface area contributed by atoms with Crippen molar-refractivity contribution >= 4 is 6.29 Å². The van der Waals surface area contributed by atoms with Gasteiger partial charge in [-0.05, 0) is 42.6 Å². The minimum atomic E-state index is 0.782. The first kappa shape index (κ1) is 9.14. The number of benzene rings is 1. The molecule has 2 aliphatic rings. The molecular formula is C14H16O. The standard InChI is InChI=1S/C14H16O/c15-9-10-1-4-12(5-2-10)14-8-11-3-6-13(14)7-11/h1-2,4-5,9,11,13-14H,3,6-8H2. The van der Waals surface area contributed by atoms with E-state index in [1.165, 1.54) is 31.2 Å². The lowest BCUT2D eigenvalue weighted by molar-refractivity contribution is 0.112. The van der Waals surface area contributed by atoms with Gasteiger partial charge < -0.3 is 0 Å². The van der Waals surface area contributed by atoms with Gasteiger partial charge in [-0.3, -0.25) is 4.79 Å². The Labute approximate surface area is 90.5 Å². The summed E-state index contributed by atoms with van der Waals surface area (Å²) in [6.07, 6.45) is 6.62. The van der Waals surface area contributed by atoms with Crippen LogP contribution in [0.3, 0.4) is 0 Å². The summed E-state index contributed by atoms with van der Waals surface area (Å²) in [5.41, 5.74) is 2.25. The third-order valence-electron chi connectivity index (χ3n) is 4.24. The van der Waals surface area contributed by atoms with Crippen molar-refractivity contribution in [2.24, 2.45) is 11.8 Å². The fourth-order valence-electron chi connectivity index (χ4n) is 3.47. The highest BCUT2D eigenvalue weighted by atomic mass is 16.1. The number of hydrogen-bond acceptors (Lipinski definition) is 1. The average molecular weight is 200 g/mol. The summed E-state index contributed by atoms with van der Waals surface area (Å²) in [6, 6.07) is 8.20. The van der Waals surface area contributed by atoms with Crippen LogP contribution in [-0.2, 0) is 0 Å². The molecule has 2 aliphatic carbocycles. The molecule has 0 N–H and O–H groups in total. The predicted octanol–water partition coefficient (Wildman–Crippen LogP) is 3.40. The van der Waals surface area contributed by atoms with Crippen molar-refractivity contribution in [3.63, 3.8) is 0 Å². The van der Waals surface area contributed by atoms with Gasteiger partial charge in [-0.15, -0.1) is 0 Å². The molecule has 3 rings (SSSR count). The fraction of sp³-hybridized carbons (Fsp3) is 0.500. The van der Waals surface area contributed by atoms with Gasteiger partial charge in [-0.1, -0.05) is 30.7 Å². The van der Waals surface area contributed by atoms with Crippen LogP contribution in [0.2, 0.25) is 0 Å². The first-order valence-electron chi connectivity index (χ1n) is 5.92. The molecule has 0 heterocycles. The van der Waals surface area contributed by atoms with E-state index in [9.17, 15) is 4.79 Å². The summed E-state index contributed by atoms with van der Waals surface area (Å²) in [4.78, 5) is 10.6. The van der Waals surface area contributed by atoms with Crippen LogP contribution in [0.25, 0.3) is 0 Å². The number of hydrogen-bond donors (Lipinski definition) is 0. The molecule has 15 heavy (non-hydrogen) atoms. The summed E-state index contributed by atoms with van der Waals surface area (Å²) in [6.45, 7) is 0. The van der Waals surface area contributed by atoms with Gasteiger partial charge in [0.15, 0.2) is 0 Å². The van der Waals surface area contributed by atoms with E-state index in [0.717, 1.165) is 29.6 Å². The van der Waals surface area contributed by atoms with E-state index < -0.39 is 0 Å². The van der Waals surface area contributed by atoms with Crippen molar-refractivity contribution in [2.45, 2.75) is 31.6 Å². The second kappa shape index (κ2) is 3.48. The minimum absolute atomic E-state index is 0.782. The van der Waals surface area contributed by atoms with Crippen molar-refractivity contribution in [2.75, 3.05) is 0 Å². The van der Waals surface area contributed by atoms with E-state index in [-0.39, 0.29) is 0 Å². The number of fused-ring (bicyclic) bond motifs is 2. The van der Waals surface area contributed by atoms with Gasteiger partial charge in [-0.25, -0.2) is 0 Å². The monoisotopic (exact) mass is 200 g/mol. The van der Waals surface area contributed by atoms with Crippen LogP contribution < -0.4 is 0 Å². The van der Waals surface area contributed by atoms with Crippen molar-refractivity contribution in [3.8, 4) is 0 Å². The van der Waals surface area contributed by atoms with Crippen LogP contribution in [0, 0.1) is 11.8 Å². The van der Waals surface area contributed by atoms with E-state index >= 15 is 0 Å². The lowest BCUT2D eigenvalue weighted by Gasteiger charge is -2.21. The van der Waals surface area contributed by atoms with Crippen LogP contribution in [0.4, 0.5) is 0 Å².